The predicted molar refractivity (Wildman–Crippen MR) is 106 cm³/mol. The molecule has 1 amide bonds. The monoisotopic (exact) mass is 379 g/mol. The summed E-state index contributed by atoms with van der Waals surface area (Å²) in [6.07, 6.45) is -0.787. The van der Waals surface area contributed by atoms with Crippen molar-refractivity contribution in [2.45, 2.75) is 13.0 Å². The zero-order chi connectivity index (χ0) is 19.2. The van der Waals surface area contributed by atoms with Crippen molar-refractivity contribution in [3.8, 4) is 5.75 Å². The lowest BCUT2D eigenvalue weighted by Crippen LogP contribution is -2.30. The molecule has 5 heteroatoms. The highest BCUT2D eigenvalue weighted by Gasteiger charge is 2.19. The minimum atomic E-state index is -0.787. The number of ether oxygens (including phenoxy) is 1. The molecule has 1 atom stereocenters. The number of rotatable bonds is 6. The van der Waals surface area contributed by atoms with Crippen molar-refractivity contribution in [3.05, 3.63) is 95.0 Å². The molecule has 3 aromatic rings. The molecule has 0 heterocycles. The van der Waals surface area contributed by atoms with Crippen LogP contribution in [-0.2, 0) is 4.79 Å². The average Bonchev–Trinajstić information content (AvgIpc) is 2.70. The zero-order valence-electron chi connectivity index (χ0n) is 14.7. The predicted octanol–water partition coefficient (Wildman–Crippen LogP) is 4.98. The molecule has 27 heavy (non-hydrogen) atoms. The summed E-state index contributed by atoms with van der Waals surface area (Å²) in [5.74, 6) is -0.107. The number of nitrogens with one attached hydrogen (secondary N) is 1. The Kier molecular flexibility index (Phi) is 5.89. The quantitative estimate of drug-likeness (QED) is 0.615. The van der Waals surface area contributed by atoms with Crippen molar-refractivity contribution >= 4 is 29.0 Å². The molecule has 3 rings (SSSR count). The molecule has 0 saturated heterocycles. The molecule has 0 saturated carbocycles. The lowest BCUT2D eigenvalue weighted by Gasteiger charge is -2.17. The van der Waals surface area contributed by atoms with Crippen molar-refractivity contribution in [3.63, 3.8) is 0 Å². The van der Waals surface area contributed by atoms with Gasteiger partial charge >= 0.3 is 0 Å². The Morgan fingerprint density at radius 3 is 2.26 bits per heavy atom. The minimum absolute atomic E-state index is 0.161. The maximum absolute atomic E-state index is 12.8. The Balaban J connectivity index is 1.77. The molecule has 0 aliphatic heterocycles. The number of carbonyl (C=O) groups excluding carboxylic acids is 2. The van der Waals surface area contributed by atoms with E-state index in [1.165, 1.54) is 0 Å². The van der Waals surface area contributed by atoms with Crippen molar-refractivity contribution < 1.29 is 14.3 Å². The van der Waals surface area contributed by atoms with Gasteiger partial charge in [0.1, 0.15) is 5.75 Å². The number of hydrogen-bond acceptors (Lipinski definition) is 3. The maximum atomic E-state index is 12.8. The van der Waals surface area contributed by atoms with E-state index in [9.17, 15) is 9.59 Å². The maximum Gasteiger partial charge on any atom is 0.265 e. The first-order chi connectivity index (χ1) is 13.1. The first-order valence-electron chi connectivity index (χ1n) is 8.47. The Morgan fingerprint density at radius 1 is 0.889 bits per heavy atom. The van der Waals surface area contributed by atoms with Gasteiger partial charge in [0.25, 0.3) is 5.91 Å². The second-order valence-corrected chi connectivity index (χ2v) is 6.33. The van der Waals surface area contributed by atoms with E-state index in [2.05, 4.69) is 5.32 Å². The summed E-state index contributed by atoms with van der Waals surface area (Å²) in [7, 11) is 0. The molecule has 4 nitrogen and oxygen atoms in total. The van der Waals surface area contributed by atoms with Crippen LogP contribution >= 0.6 is 11.6 Å². The summed E-state index contributed by atoms with van der Waals surface area (Å²) in [6.45, 7) is 1.63. The van der Waals surface area contributed by atoms with Crippen LogP contribution < -0.4 is 10.1 Å². The second kappa shape index (κ2) is 8.52. The largest absolute Gasteiger partial charge is 0.479 e. The van der Waals surface area contributed by atoms with Gasteiger partial charge in [-0.15, -0.1) is 0 Å². The van der Waals surface area contributed by atoms with Crippen LogP contribution in [0.5, 0.6) is 5.75 Å². The topological polar surface area (TPSA) is 55.4 Å². The van der Waals surface area contributed by atoms with Crippen LogP contribution in [0.1, 0.15) is 22.8 Å². The lowest BCUT2D eigenvalue weighted by atomic mass is 10.0. The van der Waals surface area contributed by atoms with Crippen LogP contribution in [0.4, 0.5) is 5.69 Å². The Morgan fingerprint density at radius 2 is 1.52 bits per heavy atom. The first kappa shape index (κ1) is 18.7. The number of benzene rings is 3. The Bertz CT molecular complexity index is 957. The molecule has 0 fully saturated rings. The van der Waals surface area contributed by atoms with E-state index in [1.807, 2.05) is 6.07 Å². The summed E-state index contributed by atoms with van der Waals surface area (Å²) in [5.41, 5.74) is 1.41. The molecule has 0 radical (unpaired) electrons. The summed E-state index contributed by atoms with van der Waals surface area (Å²) >= 11 is 6.07. The fourth-order valence-corrected chi connectivity index (χ4v) is 2.73. The third kappa shape index (κ3) is 4.54. The number of carbonyl (C=O) groups is 2. The molecule has 3 aromatic carbocycles. The standard InChI is InChI=1S/C22H18ClNO3/c1-15(27-20-14-8-6-12-18(20)23)22(26)24-19-13-7-5-11-17(19)21(25)16-9-3-2-4-10-16/h2-15H,1H3,(H,24,26). The van der Waals surface area contributed by atoms with E-state index < -0.39 is 6.10 Å². The number of hydrogen-bond donors (Lipinski definition) is 1. The number of amides is 1. The molecular formula is C22H18ClNO3. The highest BCUT2D eigenvalue weighted by atomic mass is 35.5. The van der Waals surface area contributed by atoms with Crippen LogP contribution in [-0.4, -0.2) is 17.8 Å². The van der Waals surface area contributed by atoms with Gasteiger partial charge < -0.3 is 10.1 Å². The second-order valence-electron chi connectivity index (χ2n) is 5.92. The van der Waals surface area contributed by atoms with E-state index in [1.54, 1.807) is 79.7 Å². The number of anilines is 1. The zero-order valence-corrected chi connectivity index (χ0v) is 15.4. The van der Waals surface area contributed by atoms with Gasteiger partial charge in [-0.3, -0.25) is 9.59 Å². The van der Waals surface area contributed by atoms with E-state index in [4.69, 9.17) is 16.3 Å². The molecule has 0 aliphatic carbocycles. The average molecular weight is 380 g/mol. The third-order valence-electron chi connectivity index (χ3n) is 3.98. The number of para-hydroxylation sites is 2. The van der Waals surface area contributed by atoms with Crippen LogP contribution in [0.15, 0.2) is 78.9 Å². The van der Waals surface area contributed by atoms with Gasteiger partial charge in [-0.1, -0.05) is 66.2 Å². The van der Waals surface area contributed by atoms with Gasteiger partial charge in [0.2, 0.25) is 0 Å². The molecule has 0 bridgehead atoms. The Labute approximate surface area is 162 Å². The lowest BCUT2D eigenvalue weighted by molar-refractivity contribution is -0.122. The first-order valence-corrected chi connectivity index (χ1v) is 8.85. The van der Waals surface area contributed by atoms with Gasteiger partial charge in [-0.25, -0.2) is 0 Å². The van der Waals surface area contributed by atoms with E-state index >= 15 is 0 Å². The van der Waals surface area contributed by atoms with Crippen LogP contribution in [0.25, 0.3) is 0 Å². The van der Waals surface area contributed by atoms with Gasteiger partial charge in [0.05, 0.1) is 10.7 Å². The highest BCUT2D eigenvalue weighted by molar-refractivity contribution is 6.32. The van der Waals surface area contributed by atoms with E-state index in [-0.39, 0.29) is 11.7 Å². The summed E-state index contributed by atoms with van der Waals surface area (Å²) in [4.78, 5) is 25.3. The van der Waals surface area contributed by atoms with Gasteiger partial charge in [0, 0.05) is 11.1 Å². The van der Waals surface area contributed by atoms with E-state index in [0.717, 1.165) is 0 Å². The molecule has 0 aromatic heterocycles. The van der Waals surface area contributed by atoms with Crippen molar-refractivity contribution in [1.29, 1.82) is 0 Å². The SMILES string of the molecule is CC(Oc1ccccc1Cl)C(=O)Nc1ccccc1C(=O)c1ccccc1. The number of ketones is 1. The molecular weight excluding hydrogens is 362 g/mol. The third-order valence-corrected chi connectivity index (χ3v) is 4.29. The molecule has 0 spiro atoms. The smallest absolute Gasteiger partial charge is 0.265 e. The Hall–Kier alpha value is -3.11. The van der Waals surface area contributed by atoms with Crippen molar-refractivity contribution in [1.82, 2.24) is 0 Å². The van der Waals surface area contributed by atoms with Crippen molar-refractivity contribution in [2.24, 2.45) is 0 Å². The van der Waals surface area contributed by atoms with Crippen LogP contribution in [0.2, 0.25) is 5.02 Å². The van der Waals surface area contributed by atoms with Crippen molar-refractivity contribution in [2.75, 3.05) is 5.32 Å². The minimum Gasteiger partial charge on any atom is -0.479 e. The van der Waals surface area contributed by atoms with Crippen LogP contribution in [0, 0.1) is 0 Å². The van der Waals surface area contributed by atoms with Crippen LogP contribution in [0.3, 0.4) is 0 Å². The molecule has 1 N–H and O–H groups in total. The highest BCUT2D eigenvalue weighted by Crippen LogP contribution is 2.25. The van der Waals surface area contributed by atoms with Gasteiger partial charge in [0.15, 0.2) is 11.9 Å². The van der Waals surface area contributed by atoms with E-state index in [0.29, 0.717) is 27.6 Å². The fraction of sp³-hybridized carbons (Fsp3) is 0.0909. The van der Waals surface area contributed by atoms with Gasteiger partial charge in [-0.05, 0) is 31.2 Å². The normalized spacial score (nSPS) is 11.5. The summed E-state index contributed by atoms with van der Waals surface area (Å²) in [6, 6.07) is 22.8. The summed E-state index contributed by atoms with van der Waals surface area (Å²) < 4.78 is 5.64. The van der Waals surface area contributed by atoms with Gasteiger partial charge in [-0.2, -0.15) is 0 Å². The summed E-state index contributed by atoms with van der Waals surface area (Å²) in [5, 5.41) is 3.20. The molecule has 1 unspecified atom stereocenters. The molecule has 136 valence electrons. The fourth-order valence-electron chi connectivity index (χ4n) is 2.55. The number of halogens is 1. The molecule has 0 aliphatic rings.